The van der Waals surface area contributed by atoms with Gasteiger partial charge in [-0.2, -0.15) is 0 Å². The lowest BCUT2D eigenvalue weighted by molar-refractivity contribution is 0.0178. The zero-order valence-corrected chi connectivity index (χ0v) is 10.1. The quantitative estimate of drug-likeness (QED) is 0.628. The van der Waals surface area contributed by atoms with E-state index in [0.29, 0.717) is 12.1 Å². The highest BCUT2D eigenvalue weighted by atomic mass is 16.5. The Morgan fingerprint density at radius 1 is 1.40 bits per heavy atom. The monoisotopic (exact) mass is 215 g/mol. The number of rotatable bonds is 8. The first-order valence-electron chi connectivity index (χ1n) is 6.29. The Labute approximate surface area is 93.5 Å². The molecule has 0 radical (unpaired) electrons. The summed E-state index contributed by atoms with van der Waals surface area (Å²) in [6.07, 6.45) is 5.11. The Morgan fingerprint density at radius 2 is 2.20 bits per heavy atom. The molecule has 0 aromatic carbocycles. The first-order chi connectivity index (χ1) is 7.36. The van der Waals surface area contributed by atoms with Crippen LogP contribution in [-0.4, -0.2) is 38.5 Å². The van der Waals surface area contributed by atoms with Crippen molar-refractivity contribution in [3.05, 3.63) is 0 Å². The Kier molecular flexibility index (Phi) is 6.98. The van der Waals surface area contributed by atoms with Gasteiger partial charge in [-0.1, -0.05) is 13.8 Å². The predicted octanol–water partition coefficient (Wildman–Crippen LogP) is 1.96. The van der Waals surface area contributed by atoms with Crippen molar-refractivity contribution in [2.24, 2.45) is 0 Å². The van der Waals surface area contributed by atoms with Crippen molar-refractivity contribution in [3.8, 4) is 0 Å². The van der Waals surface area contributed by atoms with Gasteiger partial charge in [0.15, 0.2) is 0 Å². The molecular weight excluding hydrogens is 190 g/mol. The van der Waals surface area contributed by atoms with Crippen LogP contribution in [0.15, 0.2) is 0 Å². The lowest BCUT2D eigenvalue weighted by Crippen LogP contribution is -2.31. The molecule has 0 aromatic rings. The number of hydrogen-bond donors (Lipinski definition) is 1. The van der Waals surface area contributed by atoms with Gasteiger partial charge >= 0.3 is 0 Å². The summed E-state index contributed by atoms with van der Waals surface area (Å²) in [5.41, 5.74) is 0. The van der Waals surface area contributed by atoms with Gasteiger partial charge < -0.3 is 14.8 Å². The van der Waals surface area contributed by atoms with Crippen molar-refractivity contribution in [2.75, 3.05) is 26.4 Å². The van der Waals surface area contributed by atoms with E-state index >= 15 is 0 Å². The van der Waals surface area contributed by atoms with Crippen molar-refractivity contribution in [2.45, 2.75) is 51.7 Å². The van der Waals surface area contributed by atoms with Gasteiger partial charge in [0.1, 0.15) is 0 Å². The van der Waals surface area contributed by atoms with E-state index in [1.807, 2.05) is 0 Å². The zero-order chi connectivity index (χ0) is 10.9. The van der Waals surface area contributed by atoms with Gasteiger partial charge in [0.05, 0.1) is 19.3 Å². The van der Waals surface area contributed by atoms with E-state index in [-0.39, 0.29) is 0 Å². The Hall–Kier alpha value is -0.120. The summed E-state index contributed by atoms with van der Waals surface area (Å²) in [4.78, 5) is 0. The molecule has 0 aromatic heterocycles. The molecule has 15 heavy (non-hydrogen) atoms. The molecule has 1 N–H and O–H groups in total. The van der Waals surface area contributed by atoms with Crippen molar-refractivity contribution >= 4 is 0 Å². The van der Waals surface area contributed by atoms with Crippen molar-refractivity contribution < 1.29 is 9.47 Å². The first kappa shape index (κ1) is 12.9. The molecule has 1 aliphatic rings. The summed E-state index contributed by atoms with van der Waals surface area (Å²) in [5, 5.41) is 3.48. The van der Waals surface area contributed by atoms with Gasteiger partial charge in [0.25, 0.3) is 0 Å². The lowest BCUT2D eigenvalue weighted by Gasteiger charge is -2.15. The molecular formula is C12H25NO2. The standard InChI is InChI=1S/C12H25NO2/c1-3-11(4-2)13-7-9-14-10-12-6-5-8-15-12/h11-13H,3-10H2,1-2H3. The molecule has 0 aliphatic carbocycles. The molecule has 1 fully saturated rings. The van der Waals surface area contributed by atoms with Gasteiger partial charge in [0, 0.05) is 19.2 Å². The van der Waals surface area contributed by atoms with Crippen LogP contribution in [0.25, 0.3) is 0 Å². The summed E-state index contributed by atoms with van der Waals surface area (Å²) >= 11 is 0. The third kappa shape index (κ3) is 5.50. The Bertz CT molecular complexity index is 139. The maximum Gasteiger partial charge on any atom is 0.0809 e. The highest BCUT2D eigenvalue weighted by Gasteiger charge is 2.14. The van der Waals surface area contributed by atoms with Gasteiger partial charge in [-0.3, -0.25) is 0 Å². The molecule has 1 unspecified atom stereocenters. The van der Waals surface area contributed by atoms with Crippen molar-refractivity contribution in [3.63, 3.8) is 0 Å². The molecule has 3 nitrogen and oxygen atoms in total. The molecule has 90 valence electrons. The minimum absolute atomic E-state index is 0.359. The summed E-state index contributed by atoms with van der Waals surface area (Å²) in [6, 6.07) is 0.649. The predicted molar refractivity (Wildman–Crippen MR) is 62.2 cm³/mol. The summed E-state index contributed by atoms with van der Waals surface area (Å²) in [6.45, 7) is 7.88. The van der Waals surface area contributed by atoms with Crippen LogP contribution < -0.4 is 5.32 Å². The fourth-order valence-electron chi connectivity index (χ4n) is 1.90. The van der Waals surface area contributed by atoms with E-state index in [1.165, 1.54) is 25.7 Å². The molecule has 0 bridgehead atoms. The second-order valence-corrected chi connectivity index (χ2v) is 4.18. The molecule has 0 spiro atoms. The second-order valence-electron chi connectivity index (χ2n) is 4.18. The minimum Gasteiger partial charge on any atom is -0.377 e. The van der Waals surface area contributed by atoms with E-state index < -0.39 is 0 Å². The highest BCUT2D eigenvalue weighted by Crippen LogP contribution is 2.11. The number of nitrogens with one attached hydrogen (secondary N) is 1. The summed E-state index contributed by atoms with van der Waals surface area (Å²) in [7, 11) is 0. The summed E-state index contributed by atoms with van der Waals surface area (Å²) in [5.74, 6) is 0. The molecule has 3 heteroatoms. The van der Waals surface area contributed by atoms with E-state index in [2.05, 4.69) is 19.2 Å². The van der Waals surface area contributed by atoms with E-state index in [0.717, 1.165) is 26.4 Å². The van der Waals surface area contributed by atoms with Gasteiger partial charge in [-0.05, 0) is 25.7 Å². The highest BCUT2D eigenvalue weighted by molar-refractivity contribution is 4.64. The Morgan fingerprint density at radius 3 is 2.80 bits per heavy atom. The average Bonchev–Trinajstić information content (AvgIpc) is 2.76. The van der Waals surface area contributed by atoms with Crippen LogP contribution in [0.3, 0.4) is 0 Å². The topological polar surface area (TPSA) is 30.5 Å². The van der Waals surface area contributed by atoms with Crippen LogP contribution in [0.2, 0.25) is 0 Å². The maximum absolute atomic E-state index is 5.57. The molecule has 0 amide bonds. The molecule has 1 saturated heterocycles. The average molecular weight is 215 g/mol. The second kappa shape index (κ2) is 8.08. The first-order valence-corrected chi connectivity index (χ1v) is 6.29. The van der Waals surface area contributed by atoms with Crippen molar-refractivity contribution in [1.82, 2.24) is 5.32 Å². The van der Waals surface area contributed by atoms with E-state index in [1.54, 1.807) is 0 Å². The van der Waals surface area contributed by atoms with Crippen molar-refractivity contribution in [1.29, 1.82) is 0 Å². The van der Waals surface area contributed by atoms with Crippen LogP contribution in [-0.2, 0) is 9.47 Å². The van der Waals surface area contributed by atoms with Crippen LogP contribution >= 0.6 is 0 Å². The van der Waals surface area contributed by atoms with Crippen LogP contribution in [0.4, 0.5) is 0 Å². The van der Waals surface area contributed by atoms with Gasteiger partial charge in [0.2, 0.25) is 0 Å². The fourth-order valence-corrected chi connectivity index (χ4v) is 1.90. The molecule has 1 heterocycles. The van der Waals surface area contributed by atoms with Crippen LogP contribution in [0.1, 0.15) is 39.5 Å². The number of ether oxygens (including phenoxy) is 2. The van der Waals surface area contributed by atoms with Crippen LogP contribution in [0.5, 0.6) is 0 Å². The number of hydrogen-bond acceptors (Lipinski definition) is 3. The van der Waals surface area contributed by atoms with Crippen LogP contribution in [0, 0.1) is 0 Å². The minimum atomic E-state index is 0.359. The summed E-state index contributed by atoms with van der Waals surface area (Å²) < 4.78 is 11.0. The fraction of sp³-hybridized carbons (Fsp3) is 1.00. The normalized spacial score (nSPS) is 21.4. The van der Waals surface area contributed by atoms with E-state index in [9.17, 15) is 0 Å². The Balaban J connectivity index is 1.87. The van der Waals surface area contributed by atoms with Gasteiger partial charge in [-0.25, -0.2) is 0 Å². The zero-order valence-electron chi connectivity index (χ0n) is 10.1. The lowest BCUT2D eigenvalue weighted by atomic mass is 10.2. The molecule has 0 saturated carbocycles. The molecule has 1 aliphatic heterocycles. The third-order valence-corrected chi connectivity index (χ3v) is 2.99. The SMILES string of the molecule is CCC(CC)NCCOCC1CCCO1. The molecule has 1 rings (SSSR count). The van der Waals surface area contributed by atoms with E-state index in [4.69, 9.17) is 9.47 Å². The smallest absolute Gasteiger partial charge is 0.0809 e. The third-order valence-electron chi connectivity index (χ3n) is 2.99. The molecule has 1 atom stereocenters. The largest absolute Gasteiger partial charge is 0.377 e. The van der Waals surface area contributed by atoms with Gasteiger partial charge in [-0.15, -0.1) is 0 Å². The maximum atomic E-state index is 5.57.